The SMILES string of the molecule is C=CCCn1cnc(Cl)c(OC)c1=O. The molecule has 14 heavy (non-hydrogen) atoms. The minimum atomic E-state index is -0.269. The van der Waals surface area contributed by atoms with Crippen molar-refractivity contribution < 1.29 is 4.74 Å². The van der Waals surface area contributed by atoms with Gasteiger partial charge in [-0.1, -0.05) is 17.7 Å². The van der Waals surface area contributed by atoms with Gasteiger partial charge in [0.1, 0.15) is 0 Å². The summed E-state index contributed by atoms with van der Waals surface area (Å²) in [5.41, 5.74) is -0.269. The molecule has 0 bridgehead atoms. The molecule has 1 aromatic rings. The lowest BCUT2D eigenvalue weighted by Crippen LogP contribution is -2.22. The van der Waals surface area contributed by atoms with Gasteiger partial charge in [-0.2, -0.15) is 0 Å². The van der Waals surface area contributed by atoms with Crippen LogP contribution in [-0.2, 0) is 6.54 Å². The molecule has 0 aliphatic heterocycles. The van der Waals surface area contributed by atoms with Crippen LogP contribution in [0.2, 0.25) is 5.15 Å². The van der Waals surface area contributed by atoms with Gasteiger partial charge in [-0.15, -0.1) is 6.58 Å². The third-order valence-electron chi connectivity index (χ3n) is 1.73. The Morgan fingerprint density at radius 1 is 1.79 bits per heavy atom. The molecule has 0 amide bonds. The number of aryl methyl sites for hydroxylation is 1. The Balaban J connectivity index is 3.08. The van der Waals surface area contributed by atoms with Crippen molar-refractivity contribution in [3.63, 3.8) is 0 Å². The fourth-order valence-electron chi connectivity index (χ4n) is 1.01. The second-order valence-electron chi connectivity index (χ2n) is 2.64. The first kappa shape index (κ1) is 10.8. The second-order valence-corrected chi connectivity index (χ2v) is 3.00. The smallest absolute Gasteiger partial charge is 0.297 e. The van der Waals surface area contributed by atoms with Gasteiger partial charge in [0.05, 0.1) is 13.4 Å². The van der Waals surface area contributed by atoms with Gasteiger partial charge in [0.2, 0.25) is 5.75 Å². The summed E-state index contributed by atoms with van der Waals surface area (Å²) in [6.45, 7) is 4.10. The molecule has 0 unspecified atom stereocenters. The van der Waals surface area contributed by atoms with Gasteiger partial charge in [-0.25, -0.2) is 4.98 Å². The molecular formula is C9H11ClN2O2. The van der Waals surface area contributed by atoms with Crippen molar-refractivity contribution in [1.82, 2.24) is 9.55 Å². The molecule has 1 aromatic heterocycles. The zero-order valence-electron chi connectivity index (χ0n) is 7.86. The van der Waals surface area contributed by atoms with Crippen molar-refractivity contribution >= 4 is 11.6 Å². The van der Waals surface area contributed by atoms with E-state index in [0.717, 1.165) is 0 Å². The van der Waals surface area contributed by atoms with Gasteiger partial charge in [0.25, 0.3) is 5.56 Å². The van der Waals surface area contributed by atoms with E-state index in [0.29, 0.717) is 13.0 Å². The standard InChI is InChI=1S/C9H11ClN2O2/c1-3-4-5-12-6-11-8(10)7(14-2)9(12)13/h3,6H,1,4-5H2,2H3. The highest BCUT2D eigenvalue weighted by atomic mass is 35.5. The van der Waals surface area contributed by atoms with Gasteiger partial charge in [0.15, 0.2) is 5.15 Å². The van der Waals surface area contributed by atoms with Crippen LogP contribution >= 0.6 is 11.6 Å². The summed E-state index contributed by atoms with van der Waals surface area (Å²) in [4.78, 5) is 15.4. The Morgan fingerprint density at radius 2 is 2.50 bits per heavy atom. The van der Waals surface area contributed by atoms with Crippen LogP contribution in [0, 0.1) is 0 Å². The second kappa shape index (κ2) is 4.81. The first-order chi connectivity index (χ1) is 6.70. The summed E-state index contributed by atoms with van der Waals surface area (Å²) >= 11 is 5.67. The molecule has 0 aromatic carbocycles. The van der Waals surface area contributed by atoms with E-state index in [2.05, 4.69) is 11.6 Å². The first-order valence-electron chi connectivity index (χ1n) is 4.10. The van der Waals surface area contributed by atoms with E-state index in [1.165, 1.54) is 18.0 Å². The summed E-state index contributed by atoms with van der Waals surface area (Å²) < 4.78 is 6.28. The molecule has 1 heterocycles. The summed E-state index contributed by atoms with van der Waals surface area (Å²) in [5, 5.41) is 0.0901. The zero-order valence-corrected chi connectivity index (χ0v) is 8.62. The quantitative estimate of drug-likeness (QED) is 0.563. The maximum Gasteiger partial charge on any atom is 0.297 e. The highest BCUT2D eigenvalue weighted by Crippen LogP contribution is 2.14. The van der Waals surface area contributed by atoms with E-state index in [4.69, 9.17) is 16.3 Å². The third-order valence-corrected chi connectivity index (χ3v) is 2.00. The Labute approximate surface area is 86.8 Å². The molecule has 0 saturated carbocycles. The molecule has 0 fully saturated rings. The van der Waals surface area contributed by atoms with Crippen LogP contribution in [0.5, 0.6) is 5.75 Å². The molecule has 0 saturated heterocycles. The number of methoxy groups -OCH3 is 1. The molecule has 5 heteroatoms. The lowest BCUT2D eigenvalue weighted by atomic mass is 10.4. The normalized spacial score (nSPS) is 9.86. The molecule has 0 atom stereocenters. The van der Waals surface area contributed by atoms with Crippen molar-refractivity contribution in [3.05, 3.63) is 34.5 Å². The van der Waals surface area contributed by atoms with Gasteiger partial charge < -0.3 is 4.74 Å². The number of nitrogens with zero attached hydrogens (tertiary/aromatic N) is 2. The number of hydrogen-bond acceptors (Lipinski definition) is 3. The van der Waals surface area contributed by atoms with E-state index in [1.807, 2.05) is 0 Å². The van der Waals surface area contributed by atoms with Gasteiger partial charge in [-0.3, -0.25) is 9.36 Å². The summed E-state index contributed by atoms with van der Waals surface area (Å²) in [6, 6.07) is 0. The van der Waals surface area contributed by atoms with Gasteiger partial charge in [0, 0.05) is 6.54 Å². The first-order valence-corrected chi connectivity index (χ1v) is 4.48. The number of allylic oxidation sites excluding steroid dienone is 1. The summed E-state index contributed by atoms with van der Waals surface area (Å²) in [7, 11) is 1.39. The van der Waals surface area contributed by atoms with E-state index in [-0.39, 0.29) is 16.5 Å². The van der Waals surface area contributed by atoms with Crippen molar-refractivity contribution in [2.24, 2.45) is 0 Å². The maximum absolute atomic E-state index is 11.6. The van der Waals surface area contributed by atoms with Crippen molar-refractivity contribution in [3.8, 4) is 5.75 Å². The average Bonchev–Trinajstić information content (AvgIpc) is 2.18. The monoisotopic (exact) mass is 214 g/mol. The number of aromatic nitrogens is 2. The molecule has 0 N–H and O–H groups in total. The average molecular weight is 215 g/mol. The fourth-order valence-corrected chi connectivity index (χ4v) is 1.21. The van der Waals surface area contributed by atoms with Crippen LogP contribution in [0.1, 0.15) is 6.42 Å². The lowest BCUT2D eigenvalue weighted by molar-refractivity contribution is 0.399. The van der Waals surface area contributed by atoms with E-state index in [1.54, 1.807) is 6.08 Å². The van der Waals surface area contributed by atoms with Crippen LogP contribution in [-0.4, -0.2) is 16.7 Å². The molecular weight excluding hydrogens is 204 g/mol. The Bertz CT molecular complexity index is 387. The number of hydrogen-bond donors (Lipinski definition) is 0. The molecule has 0 aliphatic rings. The summed E-state index contributed by atoms with van der Waals surface area (Å²) in [5.74, 6) is 0.0817. The third kappa shape index (κ3) is 2.14. The number of rotatable bonds is 4. The van der Waals surface area contributed by atoms with Crippen LogP contribution < -0.4 is 10.3 Å². The highest BCUT2D eigenvalue weighted by Gasteiger charge is 2.09. The van der Waals surface area contributed by atoms with E-state index in [9.17, 15) is 4.79 Å². The molecule has 0 spiro atoms. The van der Waals surface area contributed by atoms with Crippen molar-refractivity contribution in [1.29, 1.82) is 0 Å². The largest absolute Gasteiger partial charge is 0.489 e. The van der Waals surface area contributed by atoms with Crippen molar-refractivity contribution in [2.75, 3.05) is 7.11 Å². The van der Waals surface area contributed by atoms with Crippen LogP contribution in [0.15, 0.2) is 23.8 Å². The van der Waals surface area contributed by atoms with Gasteiger partial charge in [-0.05, 0) is 6.42 Å². The number of ether oxygens (including phenoxy) is 1. The van der Waals surface area contributed by atoms with E-state index >= 15 is 0 Å². The van der Waals surface area contributed by atoms with E-state index < -0.39 is 0 Å². The van der Waals surface area contributed by atoms with Crippen LogP contribution in [0.3, 0.4) is 0 Å². The zero-order chi connectivity index (χ0) is 10.6. The highest BCUT2D eigenvalue weighted by molar-refractivity contribution is 6.30. The molecule has 4 nitrogen and oxygen atoms in total. The topological polar surface area (TPSA) is 44.1 Å². The summed E-state index contributed by atoms with van der Waals surface area (Å²) in [6.07, 6.45) is 3.83. The number of halogens is 1. The Kier molecular flexibility index (Phi) is 3.71. The molecule has 0 aliphatic carbocycles. The Hall–Kier alpha value is -1.29. The molecule has 0 radical (unpaired) electrons. The predicted octanol–water partition coefficient (Wildman–Crippen LogP) is 1.48. The minimum absolute atomic E-state index is 0.0817. The lowest BCUT2D eigenvalue weighted by Gasteiger charge is -2.06. The van der Waals surface area contributed by atoms with Gasteiger partial charge >= 0.3 is 0 Å². The fraction of sp³-hybridized carbons (Fsp3) is 0.333. The molecule has 1 rings (SSSR count). The van der Waals surface area contributed by atoms with Crippen molar-refractivity contribution in [2.45, 2.75) is 13.0 Å². The van der Waals surface area contributed by atoms with Crippen LogP contribution in [0.4, 0.5) is 0 Å². The molecule has 76 valence electrons. The predicted molar refractivity (Wildman–Crippen MR) is 54.9 cm³/mol. The Morgan fingerprint density at radius 3 is 3.07 bits per heavy atom. The minimum Gasteiger partial charge on any atom is -0.489 e. The van der Waals surface area contributed by atoms with Crippen LogP contribution in [0.25, 0.3) is 0 Å². The maximum atomic E-state index is 11.6.